The van der Waals surface area contributed by atoms with E-state index in [0.29, 0.717) is 5.56 Å². The summed E-state index contributed by atoms with van der Waals surface area (Å²) in [4.78, 5) is 14.8. The number of carbonyl (C=O) groups excluding carboxylic acids is 1. The summed E-state index contributed by atoms with van der Waals surface area (Å²) in [6.45, 7) is 0.0183. The highest BCUT2D eigenvalue weighted by atomic mass is 19.4. The third-order valence-electron chi connectivity index (χ3n) is 1.89. The maximum absolute atomic E-state index is 11.8. The first kappa shape index (κ1) is 13.3. The number of alkyl halides is 3. The van der Waals surface area contributed by atoms with Crippen LogP contribution in [0.25, 0.3) is 0 Å². The van der Waals surface area contributed by atoms with Crippen LogP contribution < -0.4 is 5.32 Å². The van der Waals surface area contributed by atoms with E-state index >= 15 is 0 Å². The van der Waals surface area contributed by atoms with Crippen LogP contribution in [0, 0.1) is 0 Å². The average Bonchev–Trinajstić information content (AvgIpc) is 2.27. The van der Waals surface area contributed by atoms with E-state index in [-0.39, 0.29) is 0 Å². The number of pyridine rings is 1. The van der Waals surface area contributed by atoms with Crippen molar-refractivity contribution in [2.75, 3.05) is 6.61 Å². The summed E-state index contributed by atoms with van der Waals surface area (Å²) >= 11 is 0. The van der Waals surface area contributed by atoms with Crippen LogP contribution in [-0.4, -0.2) is 23.9 Å². The lowest BCUT2D eigenvalue weighted by Gasteiger charge is -2.14. The predicted molar refractivity (Wildman–Crippen MR) is 53.2 cm³/mol. The minimum atomic E-state index is -4.52. The topological polar surface area (TPSA) is 51.2 Å². The Morgan fingerprint density at radius 1 is 1.59 bits per heavy atom. The van der Waals surface area contributed by atoms with Crippen molar-refractivity contribution in [2.24, 2.45) is 0 Å². The molecule has 1 amide bonds. The first-order valence-electron chi connectivity index (χ1n) is 4.78. The van der Waals surface area contributed by atoms with Crippen molar-refractivity contribution in [2.45, 2.75) is 19.1 Å². The number of carbonyl (C=O) groups is 1. The number of amides is 1. The van der Waals surface area contributed by atoms with Crippen molar-refractivity contribution in [3.63, 3.8) is 0 Å². The molecular weight excluding hydrogens is 237 g/mol. The smallest absolute Gasteiger partial charge is 0.422 e. The van der Waals surface area contributed by atoms with Gasteiger partial charge in [-0.2, -0.15) is 13.2 Å². The Kier molecular flexibility index (Phi) is 4.30. The molecule has 0 aliphatic rings. The van der Waals surface area contributed by atoms with Crippen LogP contribution in [0.5, 0.6) is 0 Å². The fraction of sp³-hybridized carbons (Fsp3) is 0.400. The summed E-state index contributed by atoms with van der Waals surface area (Å²) in [6, 6.07) is 2.89. The highest BCUT2D eigenvalue weighted by molar-refractivity contribution is 5.67. The summed E-state index contributed by atoms with van der Waals surface area (Å²) in [7, 11) is 0. The van der Waals surface area contributed by atoms with Gasteiger partial charge in [0.2, 0.25) is 0 Å². The van der Waals surface area contributed by atoms with Crippen molar-refractivity contribution in [3.8, 4) is 0 Å². The standard InChI is InChI=1S/C10H11F3N2O2/c1-7(8-3-2-4-14-5-8)15-9(16)17-6-10(11,12)13/h2-5,7H,6H2,1H3,(H,15,16)/t7-/m1/s1. The van der Waals surface area contributed by atoms with Crippen LogP contribution in [0.3, 0.4) is 0 Å². The molecule has 0 saturated heterocycles. The molecule has 1 aromatic rings. The predicted octanol–water partition coefficient (Wildman–Crippen LogP) is 2.43. The molecule has 1 aromatic heterocycles. The molecule has 0 aliphatic heterocycles. The number of halogens is 3. The van der Waals surface area contributed by atoms with E-state index < -0.39 is 24.9 Å². The normalized spacial score (nSPS) is 12.9. The molecule has 1 N–H and O–H groups in total. The van der Waals surface area contributed by atoms with Crippen molar-refractivity contribution in [1.29, 1.82) is 0 Å². The number of rotatable bonds is 3. The van der Waals surface area contributed by atoms with Gasteiger partial charge in [0, 0.05) is 12.4 Å². The summed E-state index contributed by atoms with van der Waals surface area (Å²) in [5.74, 6) is 0. The fourth-order valence-electron chi connectivity index (χ4n) is 1.08. The Morgan fingerprint density at radius 3 is 2.82 bits per heavy atom. The molecule has 1 atom stereocenters. The number of hydrogen-bond donors (Lipinski definition) is 1. The van der Waals surface area contributed by atoms with E-state index in [0.717, 1.165) is 0 Å². The van der Waals surface area contributed by atoms with Gasteiger partial charge in [-0.25, -0.2) is 4.79 Å². The van der Waals surface area contributed by atoms with Crippen LogP contribution in [0.2, 0.25) is 0 Å². The lowest BCUT2D eigenvalue weighted by Crippen LogP contribution is -2.30. The molecule has 0 unspecified atom stereocenters. The maximum Gasteiger partial charge on any atom is 0.422 e. The van der Waals surface area contributed by atoms with Gasteiger partial charge in [0.1, 0.15) is 0 Å². The first-order valence-corrected chi connectivity index (χ1v) is 4.78. The van der Waals surface area contributed by atoms with E-state index in [4.69, 9.17) is 0 Å². The third-order valence-corrected chi connectivity index (χ3v) is 1.89. The van der Waals surface area contributed by atoms with Crippen molar-refractivity contribution in [1.82, 2.24) is 10.3 Å². The van der Waals surface area contributed by atoms with E-state index in [2.05, 4.69) is 15.0 Å². The Hall–Kier alpha value is -1.79. The van der Waals surface area contributed by atoms with E-state index in [1.165, 1.54) is 6.20 Å². The van der Waals surface area contributed by atoms with Crippen LogP contribution in [0.4, 0.5) is 18.0 Å². The second-order valence-corrected chi connectivity index (χ2v) is 3.34. The molecule has 0 saturated carbocycles. The molecule has 1 rings (SSSR count). The lowest BCUT2D eigenvalue weighted by molar-refractivity contribution is -0.160. The number of ether oxygens (including phenoxy) is 1. The molecule has 1 heterocycles. The van der Waals surface area contributed by atoms with Crippen molar-refractivity contribution < 1.29 is 22.7 Å². The fourth-order valence-corrected chi connectivity index (χ4v) is 1.08. The number of aromatic nitrogens is 1. The largest absolute Gasteiger partial charge is 0.440 e. The monoisotopic (exact) mass is 248 g/mol. The molecule has 0 fully saturated rings. The van der Waals surface area contributed by atoms with Crippen molar-refractivity contribution >= 4 is 6.09 Å². The summed E-state index contributed by atoms with van der Waals surface area (Å²) < 4.78 is 39.3. The van der Waals surface area contributed by atoms with Gasteiger partial charge in [-0.1, -0.05) is 6.07 Å². The summed E-state index contributed by atoms with van der Waals surface area (Å²) in [6.07, 6.45) is -2.57. The zero-order valence-corrected chi connectivity index (χ0v) is 8.99. The first-order chi connectivity index (χ1) is 7.88. The van der Waals surface area contributed by atoms with Gasteiger partial charge >= 0.3 is 12.3 Å². The van der Waals surface area contributed by atoms with Gasteiger partial charge in [0.25, 0.3) is 0 Å². The van der Waals surface area contributed by atoms with Gasteiger partial charge in [-0.3, -0.25) is 4.98 Å². The highest BCUT2D eigenvalue weighted by Crippen LogP contribution is 2.15. The second-order valence-electron chi connectivity index (χ2n) is 3.34. The average molecular weight is 248 g/mol. The van der Waals surface area contributed by atoms with Gasteiger partial charge in [0.05, 0.1) is 6.04 Å². The summed E-state index contributed by atoms with van der Waals surface area (Å²) in [5.41, 5.74) is 0.677. The van der Waals surface area contributed by atoms with Gasteiger partial charge in [0.15, 0.2) is 6.61 Å². The molecule has 4 nitrogen and oxygen atoms in total. The minimum absolute atomic E-state index is 0.468. The Labute approximate surface area is 95.8 Å². The summed E-state index contributed by atoms with van der Waals surface area (Å²) in [5, 5.41) is 2.27. The van der Waals surface area contributed by atoms with Gasteiger partial charge in [-0.15, -0.1) is 0 Å². The molecule has 17 heavy (non-hydrogen) atoms. The van der Waals surface area contributed by atoms with E-state index in [1.54, 1.807) is 25.3 Å². The number of nitrogens with zero attached hydrogens (tertiary/aromatic N) is 1. The Balaban J connectivity index is 2.42. The SMILES string of the molecule is C[C@@H](NC(=O)OCC(F)(F)F)c1cccnc1. The van der Waals surface area contributed by atoms with Crippen LogP contribution in [-0.2, 0) is 4.74 Å². The Bertz CT molecular complexity index is 368. The van der Waals surface area contributed by atoms with Gasteiger partial charge < -0.3 is 10.1 Å². The van der Waals surface area contributed by atoms with E-state index in [9.17, 15) is 18.0 Å². The quantitative estimate of drug-likeness (QED) is 0.893. The molecule has 0 aliphatic carbocycles. The number of nitrogens with one attached hydrogen (secondary N) is 1. The molecule has 0 spiro atoms. The molecule has 94 valence electrons. The number of hydrogen-bond acceptors (Lipinski definition) is 3. The molecule has 7 heteroatoms. The zero-order valence-electron chi connectivity index (χ0n) is 8.99. The third kappa shape index (κ3) is 5.19. The minimum Gasteiger partial charge on any atom is -0.440 e. The molecule has 0 aromatic carbocycles. The maximum atomic E-state index is 11.8. The highest BCUT2D eigenvalue weighted by Gasteiger charge is 2.29. The van der Waals surface area contributed by atoms with Crippen LogP contribution in [0.15, 0.2) is 24.5 Å². The van der Waals surface area contributed by atoms with E-state index in [1.807, 2.05) is 0 Å². The molecule has 0 radical (unpaired) electrons. The zero-order chi connectivity index (χ0) is 12.9. The van der Waals surface area contributed by atoms with Crippen LogP contribution >= 0.6 is 0 Å². The molecule has 0 bridgehead atoms. The number of alkyl carbamates (subject to hydrolysis) is 1. The van der Waals surface area contributed by atoms with Gasteiger partial charge in [-0.05, 0) is 18.6 Å². The molecular formula is C10H11F3N2O2. The Morgan fingerprint density at radius 2 is 2.29 bits per heavy atom. The second kappa shape index (κ2) is 5.51. The van der Waals surface area contributed by atoms with Crippen LogP contribution in [0.1, 0.15) is 18.5 Å². The lowest BCUT2D eigenvalue weighted by atomic mass is 10.1. The van der Waals surface area contributed by atoms with Crippen molar-refractivity contribution in [3.05, 3.63) is 30.1 Å².